The maximum absolute atomic E-state index is 13.5. The normalized spacial score (nSPS) is 10.8. The predicted octanol–water partition coefficient (Wildman–Crippen LogP) is 2.09. The zero-order valence-corrected chi connectivity index (χ0v) is 11.3. The molecule has 1 aromatic rings. The van der Waals surface area contributed by atoms with Gasteiger partial charge in [0.2, 0.25) is 5.91 Å². The number of rotatable bonds is 6. The lowest BCUT2D eigenvalue weighted by Gasteiger charge is -2.26. The minimum Gasteiger partial charge on any atom is -0.340 e. The van der Waals surface area contributed by atoms with E-state index >= 15 is 0 Å². The van der Waals surface area contributed by atoms with Crippen molar-refractivity contribution in [2.75, 3.05) is 13.1 Å². The highest BCUT2D eigenvalue weighted by atomic mass is 19.1. The molecule has 106 valence electrons. The number of carbonyl (C=O) groups is 1. The first kappa shape index (κ1) is 15.6. The van der Waals surface area contributed by atoms with Gasteiger partial charge in [-0.1, -0.05) is 6.07 Å². The third-order valence-corrected chi connectivity index (χ3v) is 2.90. The second kappa shape index (κ2) is 7.19. The second-order valence-corrected chi connectivity index (χ2v) is 4.74. The lowest BCUT2D eigenvalue weighted by Crippen LogP contribution is -2.39. The third kappa shape index (κ3) is 4.59. The zero-order chi connectivity index (χ0) is 14.4. The summed E-state index contributed by atoms with van der Waals surface area (Å²) in [5.41, 5.74) is 5.64. The van der Waals surface area contributed by atoms with E-state index in [2.05, 4.69) is 0 Å². The molecule has 0 aromatic heterocycles. The molecule has 0 radical (unpaired) electrons. The molecule has 0 saturated carbocycles. The minimum absolute atomic E-state index is 0.0301. The highest BCUT2D eigenvalue weighted by Gasteiger charge is 2.18. The van der Waals surface area contributed by atoms with Gasteiger partial charge in [-0.05, 0) is 38.4 Å². The molecule has 0 bridgehead atoms. The fourth-order valence-electron chi connectivity index (χ4n) is 1.86. The maximum atomic E-state index is 13.5. The second-order valence-electron chi connectivity index (χ2n) is 4.74. The van der Waals surface area contributed by atoms with Gasteiger partial charge in [0.25, 0.3) is 0 Å². The van der Waals surface area contributed by atoms with Crippen LogP contribution in [0.5, 0.6) is 0 Å². The molecule has 0 aliphatic heterocycles. The molecule has 2 N–H and O–H groups in total. The SMILES string of the molecule is CC(C)N(CCCN)C(=O)Cc1ccc(F)cc1F. The van der Waals surface area contributed by atoms with Gasteiger partial charge in [-0.3, -0.25) is 4.79 Å². The van der Waals surface area contributed by atoms with E-state index in [0.29, 0.717) is 19.5 Å². The third-order valence-electron chi connectivity index (χ3n) is 2.90. The van der Waals surface area contributed by atoms with E-state index in [9.17, 15) is 13.6 Å². The number of nitrogens with two attached hydrogens (primary N) is 1. The van der Waals surface area contributed by atoms with Crippen molar-refractivity contribution in [2.45, 2.75) is 32.7 Å². The Labute approximate surface area is 112 Å². The summed E-state index contributed by atoms with van der Waals surface area (Å²) in [6, 6.07) is 3.29. The van der Waals surface area contributed by atoms with E-state index in [0.717, 1.165) is 12.1 Å². The highest BCUT2D eigenvalue weighted by molar-refractivity contribution is 5.79. The van der Waals surface area contributed by atoms with Crippen LogP contribution >= 0.6 is 0 Å². The van der Waals surface area contributed by atoms with Crippen molar-refractivity contribution in [2.24, 2.45) is 5.73 Å². The fraction of sp³-hybridized carbons (Fsp3) is 0.500. The van der Waals surface area contributed by atoms with Crippen LogP contribution in [0.15, 0.2) is 18.2 Å². The number of hydrogen-bond acceptors (Lipinski definition) is 2. The van der Waals surface area contributed by atoms with E-state index in [-0.39, 0.29) is 23.9 Å². The topological polar surface area (TPSA) is 46.3 Å². The van der Waals surface area contributed by atoms with Crippen molar-refractivity contribution in [1.82, 2.24) is 4.90 Å². The van der Waals surface area contributed by atoms with Crippen molar-refractivity contribution in [3.63, 3.8) is 0 Å². The average Bonchev–Trinajstić information content (AvgIpc) is 2.33. The van der Waals surface area contributed by atoms with Crippen LogP contribution in [0.1, 0.15) is 25.8 Å². The molecule has 0 unspecified atom stereocenters. The molecular formula is C14H20F2N2O. The quantitative estimate of drug-likeness (QED) is 0.860. The Morgan fingerprint density at radius 1 is 1.37 bits per heavy atom. The number of carbonyl (C=O) groups excluding carboxylic acids is 1. The molecule has 0 spiro atoms. The minimum atomic E-state index is -0.684. The van der Waals surface area contributed by atoms with Gasteiger partial charge in [0, 0.05) is 18.7 Å². The van der Waals surface area contributed by atoms with Gasteiger partial charge >= 0.3 is 0 Å². The van der Waals surface area contributed by atoms with Gasteiger partial charge in [0.15, 0.2) is 0 Å². The molecule has 0 atom stereocenters. The van der Waals surface area contributed by atoms with Crippen LogP contribution in [0.3, 0.4) is 0 Å². The molecule has 0 aliphatic rings. The van der Waals surface area contributed by atoms with Gasteiger partial charge in [0.1, 0.15) is 11.6 Å². The summed E-state index contributed by atoms with van der Waals surface area (Å²) in [6.45, 7) is 4.85. The van der Waals surface area contributed by atoms with Gasteiger partial charge in [0.05, 0.1) is 6.42 Å². The number of benzene rings is 1. The van der Waals surface area contributed by atoms with Gasteiger partial charge < -0.3 is 10.6 Å². The van der Waals surface area contributed by atoms with Crippen molar-refractivity contribution >= 4 is 5.91 Å². The largest absolute Gasteiger partial charge is 0.340 e. The molecule has 1 rings (SSSR count). The van der Waals surface area contributed by atoms with E-state index in [1.54, 1.807) is 4.90 Å². The number of amides is 1. The molecule has 0 heterocycles. The Kier molecular flexibility index (Phi) is 5.89. The van der Waals surface area contributed by atoms with Gasteiger partial charge in [-0.25, -0.2) is 8.78 Å². The van der Waals surface area contributed by atoms with Crippen LogP contribution in [-0.2, 0) is 11.2 Å². The first-order valence-corrected chi connectivity index (χ1v) is 6.39. The smallest absolute Gasteiger partial charge is 0.227 e. The van der Waals surface area contributed by atoms with E-state index in [4.69, 9.17) is 5.73 Å². The molecular weight excluding hydrogens is 250 g/mol. The average molecular weight is 270 g/mol. The van der Waals surface area contributed by atoms with Gasteiger partial charge in [-0.2, -0.15) is 0 Å². The van der Waals surface area contributed by atoms with Crippen molar-refractivity contribution in [3.05, 3.63) is 35.4 Å². The Morgan fingerprint density at radius 3 is 2.58 bits per heavy atom. The highest BCUT2D eigenvalue weighted by Crippen LogP contribution is 2.12. The molecule has 19 heavy (non-hydrogen) atoms. The lowest BCUT2D eigenvalue weighted by molar-refractivity contribution is -0.132. The Balaban J connectivity index is 2.75. The zero-order valence-electron chi connectivity index (χ0n) is 11.3. The summed E-state index contributed by atoms with van der Waals surface area (Å²) >= 11 is 0. The number of nitrogens with zero attached hydrogens (tertiary/aromatic N) is 1. The molecule has 0 aliphatic carbocycles. The van der Waals surface area contributed by atoms with E-state index in [1.807, 2.05) is 13.8 Å². The van der Waals surface area contributed by atoms with Crippen LogP contribution in [0, 0.1) is 11.6 Å². The Morgan fingerprint density at radius 2 is 2.05 bits per heavy atom. The summed E-state index contributed by atoms with van der Waals surface area (Å²) in [5, 5.41) is 0. The monoisotopic (exact) mass is 270 g/mol. The van der Waals surface area contributed by atoms with Crippen LogP contribution in [0.4, 0.5) is 8.78 Å². The maximum Gasteiger partial charge on any atom is 0.227 e. The number of hydrogen-bond donors (Lipinski definition) is 1. The molecule has 0 fully saturated rings. The Bertz CT molecular complexity index is 435. The molecule has 0 saturated heterocycles. The fourth-order valence-corrected chi connectivity index (χ4v) is 1.86. The van der Waals surface area contributed by atoms with Crippen molar-refractivity contribution in [3.8, 4) is 0 Å². The predicted molar refractivity (Wildman–Crippen MR) is 70.6 cm³/mol. The molecule has 5 heteroatoms. The first-order valence-electron chi connectivity index (χ1n) is 6.39. The van der Waals surface area contributed by atoms with Crippen LogP contribution in [0.2, 0.25) is 0 Å². The van der Waals surface area contributed by atoms with E-state index in [1.165, 1.54) is 6.07 Å². The van der Waals surface area contributed by atoms with Crippen LogP contribution < -0.4 is 5.73 Å². The van der Waals surface area contributed by atoms with Crippen molar-refractivity contribution in [1.29, 1.82) is 0 Å². The first-order chi connectivity index (χ1) is 8.95. The van der Waals surface area contributed by atoms with Gasteiger partial charge in [-0.15, -0.1) is 0 Å². The molecule has 3 nitrogen and oxygen atoms in total. The van der Waals surface area contributed by atoms with Crippen LogP contribution in [-0.4, -0.2) is 29.9 Å². The summed E-state index contributed by atoms with van der Waals surface area (Å²) in [6.07, 6.45) is 0.644. The summed E-state index contributed by atoms with van der Waals surface area (Å²) < 4.78 is 26.3. The van der Waals surface area contributed by atoms with E-state index < -0.39 is 11.6 Å². The van der Waals surface area contributed by atoms with Crippen molar-refractivity contribution < 1.29 is 13.6 Å². The summed E-state index contributed by atoms with van der Waals surface area (Å²) in [7, 11) is 0. The summed E-state index contributed by atoms with van der Waals surface area (Å²) in [4.78, 5) is 13.8. The lowest BCUT2D eigenvalue weighted by atomic mass is 10.1. The standard InChI is InChI=1S/C14H20F2N2O/c1-10(2)18(7-3-6-17)14(19)8-11-4-5-12(15)9-13(11)16/h4-5,9-10H,3,6-8,17H2,1-2H3. The Hall–Kier alpha value is -1.49. The number of halogens is 2. The molecule has 1 aromatic carbocycles. The van der Waals surface area contributed by atoms with Crippen LogP contribution in [0.25, 0.3) is 0 Å². The molecule has 1 amide bonds. The summed E-state index contributed by atoms with van der Waals surface area (Å²) in [5.74, 6) is -1.50.